The molecule has 3 aromatic rings. The van der Waals surface area contributed by atoms with E-state index in [4.69, 9.17) is 4.74 Å². The van der Waals surface area contributed by atoms with Gasteiger partial charge in [-0.2, -0.15) is 26.3 Å². The molecule has 1 N–H and O–H groups in total. The fourth-order valence-electron chi connectivity index (χ4n) is 2.94. The largest absolute Gasteiger partial charge is 0.461 e. The number of nitrogens with zero attached hydrogens (tertiary/aromatic N) is 3. The van der Waals surface area contributed by atoms with Crippen LogP contribution < -0.4 is 0 Å². The summed E-state index contributed by atoms with van der Waals surface area (Å²) in [5, 5.41) is 9.55. The van der Waals surface area contributed by atoms with E-state index in [0.717, 1.165) is 12.1 Å². The fourth-order valence-corrected chi connectivity index (χ4v) is 2.94. The average Bonchev–Trinajstić information content (AvgIpc) is 3.18. The zero-order valence-electron chi connectivity index (χ0n) is 16.3. The molecule has 0 bridgehead atoms. The summed E-state index contributed by atoms with van der Waals surface area (Å²) < 4.78 is 84.9. The maximum absolute atomic E-state index is 13.1. The van der Waals surface area contributed by atoms with Crippen molar-refractivity contribution in [1.29, 1.82) is 0 Å². The minimum atomic E-state index is -6.00. The molecule has 0 aliphatic heterocycles. The Balaban J connectivity index is 2.12. The summed E-state index contributed by atoms with van der Waals surface area (Å²) in [5.41, 5.74) is -6.00. The van der Waals surface area contributed by atoms with Crippen LogP contribution in [0.15, 0.2) is 55.0 Å². The van der Waals surface area contributed by atoms with Gasteiger partial charge in [0, 0.05) is 35.4 Å². The number of aromatic nitrogens is 3. The molecule has 0 saturated heterocycles. The molecule has 32 heavy (non-hydrogen) atoms. The Morgan fingerprint density at radius 1 is 1.00 bits per heavy atom. The van der Waals surface area contributed by atoms with Crippen LogP contribution in [0.25, 0.3) is 17.1 Å². The minimum Gasteiger partial charge on any atom is -0.461 e. The Bertz CT molecular complexity index is 1080. The van der Waals surface area contributed by atoms with Crippen molar-refractivity contribution >= 4 is 5.97 Å². The minimum absolute atomic E-state index is 0.0679. The Morgan fingerprint density at radius 3 is 2.06 bits per heavy atom. The quantitative estimate of drug-likeness (QED) is 0.452. The predicted octanol–water partition coefficient (Wildman–Crippen LogP) is 4.42. The SMILES string of the molecule is CCOC(=O)c1cn(-c2ccc(C(O)(C(F)(F)F)C(F)(F)F)cc2)c(-c2ccncc2)n1. The van der Waals surface area contributed by atoms with E-state index >= 15 is 0 Å². The number of pyridine rings is 1. The summed E-state index contributed by atoms with van der Waals surface area (Å²) in [6, 6.07) is 6.01. The molecule has 1 aromatic carbocycles. The number of benzene rings is 1. The van der Waals surface area contributed by atoms with Crippen LogP contribution in [0.4, 0.5) is 26.3 Å². The topological polar surface area (TPSA) is 77.2 Å². The van der Waals surface area contributed by atoms with Crippen LogP contribution in [0, 0.1) is 0 Å². The number of halogens is 6. The van der Waals surface area contributed by atoms with Crippen molar-refractivity contribution in [2.75, 3.05) is 6.61 Å². The van der Waals surface area contributed by atoms with Crippen LogP contribution in [-0.4, -0.2) is 44.6 Å². The van der Waals surface area contributed by atoms with Gasteiger partial charge in [0.05, 0.1) is 6.61 Å². The zero-order valence-corrected chi connectivity index (χ0v) is 16.3. The summed E-state index contributed by atoms with van der Waals surface area (Å²) in [4.78, 5) is 20.1. The van der Waals surface area contributed by atoms with Gasteiger partial charge >= 0.3 is 18.3 Å². The fraction of sp³-hybridized carbons (Fsp3) is 0.250. The van der Waals surface area contributed by atoms with Crippen LogP contribution in [0.3, 0.4) is 0 Å². The Morgan fingerprint density at radius 2 is 1.56 bits per heavy atom. The van der Waals surface area contributed by atoms with Gasteiger partial charge in [0.15, 0.2) is 5.69 Å². The van der Waals surface area contributed by atoms with Gasteiger partial charge in [-0.15, -0.1) is 0 Å². The lowest BCUT2D eigenvalue weighted by atomic mass is 9.92. The van der Waals surface area contributed by atoms with Gasteiger partial charge < -0.3 is 9.84 Å². The molecule has 2 aromatic heterocycles. The van der Waals surface area contributed by atoms with Crippen molar-refractivity contribution in [3.8, 4) is 17.1 Å². The zero-order chi connectivity index (χ0) is 23.7. The molecule has 6 nitrogen and oxygen atoms in total. The summed E-state index contributed by atoms with van der Waals surface area (Å²) >= 11 is 0. The van der Waals surface area contributed by atoms with Crippen molar-refractivity contribution in [1.82, 2.24) is 14.5 Å². The molecule has 0 aliphatic rings. The standard InChI is InChI=1S/C20H15F6N3O3/c1-2-32-17(30)15-11-29(16(28-15)12-7-9-27-10-8-12)14-5-3-13(4-6-14)18(31,19(21,22)23)20(24,25)26/h3-11,31H,2H2,1H3. The lowest BCUT2D eigenvalue weighted by Gasteiger charge is -2.32. The highest BCUT2D eigenvalue weighted by Gasteiger charge is 2.71. The lowest BCUT2D eigenvalue weighted by molar-refractivity contribution is -0.376. The first-order chi connectivity index (χ1) is 14.9. The van der Waals surface area contributed by atoms with Crippen molar-refractivity contribution in [3.05, 3.63) is 66.2 Å². The molecular formula is C20H15F6N3O3. The van der Waals surface area contributed by atoms with Crippen molar-refractivity contribution < 1.29 is 41.0 Å². The molecule has 0 aliphatic carbocycles. The normalized spacial score (nSPS) is 12.6. The summed E-state index contributed by atoms with van der Waals surface area (Å²) in [6.45, 7) is 1.65. The second kappa shape index (κ2) is 8.26. The first-order valence-electron chi connectivity index (χ1n) is 9.03. The number of aliphatic hydroxyl groups is 1. The smallest absolute Gasteiger partial charge is 0.430 e. The van der Waals surface area contributed by atoms with Crippen molar-refractivity contribution in [2.45, 2.75) is 24.9 Å². The second-order valence-electron chi connectivity index (χ2n) is 6.53. The van der Waals surface area contributed by atoms with Gasteiger partial charge in [-0.3, -0.25) is 9.55 Å². The van der Waals surface area contributed by atoms with Gasteiger partial charge in [-0.25, -0.2) is 9.78 Å². The highest BCUT2D eigenvalue weighted by molar-refractivity contribution is 5.88. The van der Waals surface area contributed by atoms with E-state index < -0.39 is 29.5 Å². The number of carbonyl (C=O) groups excluding carboxylic acids is 1. The van der Waals surface area contributed by atoms with E-state index in [1.54, 1.807) is 19.1 Å². The molecule has 0 radical (unpaired) electrons. The monoisotopic (exact) mass is 459 g/mol. The molecular weight excluding hydrogens is 444 g/mol. The first kappa shape index (κ1) is 23.3. The number of esters is 1. The predicted molar refractivity (Wildman–Crippen MR) is 98.8 cm³/mol. The summed E-state index contributed by atoms with van der Waals surface area (Å²) in [6.07, 6.45) is -7.88. The number of rotatable bonds is 5. The number of hydrogen-bond donors (Lipinski definition) is 1. The van der Waals surface area contributed by atoms with Crippen LogP contribution in [0.5, 0.6) is 0 Å². The van der Waals surface area contributed by atoms with Gasteiger partial charge in [-0.05, 0) is 31.2 Å². The molecule has 2 heterocycles. The average molecular weight is 459 g/mol. The Kier molecular flexibility index (Phi) is 6.00. The lowest BCUT2D eigenvalue weighted by Crippen LogP contribution is -2.53. The maximum atomic E-state index is 13.1. The van der Waals surface area contributed by atoms with Crippen LogP contribution >= 0.6 is 0 Å². The molecule has 0 fully saturated rings. The van der Waals surface area contributed by atoms with E-state index in [0.29, 0.717) is 17.7 Å². The van der Waals surface area contributed by atoms with Gasteiger partial charge in [0.25, 0.3) is 5.60 Å². The third kappa shape index (κ3) is 4.05. The second-order valence-corrected chi connectivity index (χ2v) is 6.53. The van der Waals surface area contributed by atoms with E-state index in [-0.39, 0.29) is 23.8 Å². The molecule has 0 amide bonds. The van der Waals surface area contributed by atoms with Crippen LogP contribution in [0.2, 0.25) is 0 Å². The van der Waals surface area contributed by atoms with E-state index in [9.17, 15) is 36.2 Å². The van der Waals surface area contributed by atoms with Gasteiger partial charge in [-0.1, -0.05) is 12.1 Å². The number of ether oxygens (including phenoxy) is 1. The third-order valence-electron chi connectivity index (χ3n) is 4.51. The van der Waals surface area contributed by atoms with Crippen molar-refractivity contribution in [2.24, 2.45) is 0 Å². The van der Waals surface area contributed by atoms with E-state index in [1.807, 2.05) is 0 Å². The summed E-state index contributed by atoms with van der Waals surface area (Å²) in [5.74, 6) is -0.591. The highest BCUT2D eigenvalue weighted by atomic mass is 19.4. The first-order valence-corrected chi connectivity index (χ1v) is 9.03. The Hall–Kier alpha value is -3.41. The maximum Gasteiger partial charge on any atom is 0.430 e. The third-order valence-corrected chi connectivity index (χ3v) is 4.51. The molecule has 170 valence electrons. The molecule has 0 atom stereocenters. The number of imidazole rings is 1. The van der Waals surface area contributed by atoms with Gasteiger partial charge in [0.2, 0.25) is 0 Å². The van der Waals surface area contributed by atoms with E-state index in [1.165, 1.54) is 23.2 Å². The molecule has 0 unspecified atom stereocenters. The van der Waals surface area contributed by atoms with Crippen LogP contribution in [-0.2, 0) is 10.3 Å². The van der Waals surface area contributed by atoms with Crippen LogP contribution in [0.1, 0.15) is 23.0 Å². The number of alkyl halides is 6. The molecule has 3 rings (SSSR count). The number of carbonyl (C=O) groups is 1. The van der Waals surface area contributed by atoms with E-state index in [2.05, 4.69) is 9.97 Å². The summed E-state index contributed by atoms with van der Waals surface area (Å²) in [7, 11) is 0. The van der Waals surface area contributed by atoms with Crippen molar-refractivity contribution in [3.63, 3.8) is 0 Å². The molecule has 0 saturated carbocycles. The number of hydrogen-bond acceptors (Lipinski definition) is 5. The molecule has 12 heteroatoms. The highest BCUT2D eigenvalue weighted by Crippen LogP contribution is 2.50. The molecule has 0 spiro atoms. The van der Waals surface area contributed by atoms with Gasteiger partial charge in [0.1, 0.15) is 5.82 Å². The Labute approximate surface area is 177 Å².